The molecular formula is C12H16N2O3. The van der Waals surface area contributed by atoms with Crippen molar-refractivity contribution in [1.82, 2.24) is 5.32 Å². The van der Waals surface area contributed by atoms with Crippen molar-refractivity contribution in [3.63, 3.8) is 0 Å². The fourth-order valence-electron chi connectivity index (χ4n) is 1.97. The number of hydrogen-bond acceptors (Lipinski definition) is 4. The van der Waals surface area contributed by atoms with Gasteiger partial charge in [-0.15, -0.1) is 0 Å². The highest BCUT2D eigenvalue weighted by Gasteiger charge is 2.16. The number of aryl methyl sites for hydroxylation is 1. The van der Waals surface area contributed by atoms with Crippen LogP contribution in [0.25, 0.3) is 0 Å². The number of ether oxygens (including phenoxy) is 1. The summed E-state index contributed by atoms with van der Waals surface area (Å²) in [4.78, 5) is 10.2. The molecule has 0 amide bonds. The number of non-ortho nitro benzene ring substituents is 1. The van der Waals surface area contributed by atoms with E-state index in [-0.39, 0.29) is 16.7 Å². The van der Waals surface area contributed by atoms with Crippen LogP contribution in [0.3, 0.4) is 0 Å². The Hall–Kier alpha value is -1.62. The van der Waals surface area contributed by atoms with Crippen LogP contribution in [0.15, 0.2) is 18.2 Å². The summed E-state index contributed by atoms with van der Waals surface area (Å²) in [6, 6.07) is 4.73. The van der Waals surface area contributed by atoms with Crippen molar-refractivity contribution in [1.29, 1.82) is 0 Å². The normalized spacial score (nSPS) is 16.8. The van der Waals surface area contributed by atoms with Gasteiger partial charge in [0.1, 0.15) is 11.9 Å². The Balaban J connectivity index is 2.08. The van der Waals surface area contributed by atoms with Crippen molar-refractivity contribution >= 4 is 5.69 Å². The Kier molecular flexibility index (Phi) is 3.58. The lowest BCUT2D eigenvalue weighted by atomic mass is 10.1. The second kappa shape index (κ2) is 5.14. The van der Waals surface area contributed by atoms with Crippen molar-refractivity contribution in [3.05, 3.63) is 33.9 Å². The molecule has 0 saturated carbocycles. The molecule has 5 nitrogen and oxygen atoms in total. The lowest BCUT2D eigenvalue weighted by Gasteiger charge is -2.24. The molecule has 92 valence electrons. The van der Waals surface area contributed by atoms with Crippen LogP contribution in [0.4, 0.5) is 5.69 Å². The summed E-state index contributed by atoms with van der Waals surface area (Å²) in [5.41, 5.74) is 0.929. The number of nitro benzene ring substituents is 1. The molecule has 1 aromatic carbocycles. The van der Waals surface area contributed by atoms with Gasteiger partial charge >= 0.3 is 0 Å². The molecule has 0 spiro atoms. The molecule has 0 aromatic heterocycles. The fraction of sp³-hybridized carbons (Fsp3) is 0.500. The Bertz CT molecular complexity index is 414. The number of hydrogen-bond donors (Lipinski definition) is 1. The Morgan fingerprint density at radius 1 is 1.41 bits per heavy atom. The van der Waals surface area contributed by atoms with Gasteiger partial charge in [0.15, 0.2) is 0 Å². The maximum atomic E-state index is 10.6. The molecule has 1 heterocycles. The molecular weight excluding hydrogens is 220 g/mol. The van der Waals surface area contributed by atoms with E-state index in [9.17, 15) is 10.1 Å². The number of nitrogens with zero attached hydrogens (tertiary/aromatic N) is 1. The molecule has 0 atom stereocenters. The summed E-state index contributed by atoms with van der Waals surface area (Å²) in [6.45, 7) is 3.77. The Morgan fingerprint density at radius 3 is 2.71 bits per heavy atom. The van der Waals surface area contributed by atoms with Crippen LogP contribution in [0, 0.1) is 17.0 Å². The third-order valence-corrected chi connectivity index (χ3v) is 2.95. The minimum Gasteiger partial charge on any atom is -0.490 e. The second-order valence-corrected chi connectivity index (χ2v) is 4.27. The van der Waals surface area contributed by atoms with Crippen LogP contribution >= 0.6 is 0 Å². The van der Waals surface area contributed by atoms with Gasteiger partial charge in [-0.25, -0.2) is 0 Å². The molecule has 1 aliphatic rings. The van der Waals surface area contributed by atoms with E-state index in [1.165, 1.54) is 6.07 Å². The second-order valence-electron chi connectivity index (χ2n) is 4.27. The summed E-state index contributed by atoms with van der Waals surface area (Å²) in [5.74, 6) is 0.752. The average molecular weight is 236 g/mol. The molecule has 0 unspecified atom stereocenters. The smallest absolute Gasteiger partial charge is 0.269 e. The van der Waals surface area contributed by atoms with Gasteiger partial charge in [-0.2, -0.15) is 0 Å². The van der Waals surface area contributed by atoms with Gasteiger partial charge in [0.25, 0.3) is 5.69 Å². The molecule has 5 heteroatoms. The maximum Gasteiger partial charge on any atom is 0.269 e. The molecule has 1 saturated heterocycles. The first kappa shape index (κ1) is 11.9. The van der Waals surface area contributed by atoms with E-state index in [0.29, 0.717) is 0 Å². The van der Waals surface area contributed by atoms with Gasteiger partial charge < -0.3 is 10.1 Å². The van der Waals surface area contributed by atoms with E-state index in [1.54, 1.807) is 12.1 Å². The van der Waals surface area contributed by atoms with Gasteiger partial charge in [0, 0.05) is 12.1 Å². The standard InChI is InChI=1S/C12H16N2O3/c1-9-8-10(14(15)16)2-3-12(9)17-11-4-6-13-7-5-11/h2-3,8,11,13H,4-7H2,1H3. The zero-order valence-electron chi connectivity index (χ0n) is 9.81. The molecule has 1 aliphatic heterocycles. The highest BCUT2D eigenvalue weighted by atomic mass is 16.6. The van der Waals surface area contributed by atoms with E-state index in [2.05, 4.69) is 5.32 Å². The Labute approximate surface area is 99.9 Å². The molecule has 17 heavy (non-hydrogen) atoms. The first-order chi connectivity index (χ1) is 8.16. The molecule has 1 aromatic rings. The number of nitrogens with one attached hydrogen (secondary N) is 1. The predicted molar refractivity (Wildman–Crippen MR) is 64.4 cm³/mol. The zero-order valence-corrected chi connectivity index (χ0v) is 9.81. The number of rotatable bonds is 3. The van der Waals surface area contributed by atoms with Crippen LogP contribution in [0.1, 0.15) is 18.4 Å². The molecule has 2 rings (SSSR count). The third-order valence-electron chi connectivity index (χ3n) is 2.95. The van der Waals surface area contributed by atoms with Crippen molar-refractivity contribution in [3.8, 4) is 5.75 Å². The topological polar surface area (TPSA) is 64.4 Å². The van der Waals surface area contributed by atoms with Crippen LogP contribution in [-0.4, -0.2) is 24.1 Å². The van der Waals surface area contributed by atoms with Gasteiger partial charge in [-0.05, 0) is 44.5 Å². The summed E-state index contributed by atoms with van der Waals surface area (Å²) < 4.78 is 5.86. The SMILES string of the molecule is Cc1cc([N+](=O)[O-])ccc1OC1CCNCC1. The number of nitro groups is 1. The van der Waals surface area contributed by atoms with Gasteiger partial charge in [0.2, 0.25) is 0 Å². The number of benzene rings is 1. The minimum atomic E-state index is -0.388. The summed E-state index contributed by atoms with van der Waals surface area (Å²) in [6.07, 6.45) is 2.18. The molecule has 0 aliphatic carbocycles. The minimum absolute atomic E-state index is 0.111. The highest BCUT2D eigenvalue weighted by Crippen LogP contribution is 2.25. The van der Waals surface area contributed by atoms with Crippen molar-refractivity contribution in [2.75, 3.05) is 13.1 Å². The van der Waals surface area contributed by atoms with Gasteiger partial charge in [0.05, 0.1) is 4.92 Å². The summed E-state index contributed by atoms with van der Waals surface area (Å²) >= 11 is 0. The summed E-state index contributed by atoms with van der Waals surface area (Å²) in [5, 5.41) is 13.9. The quantitative estimate of drug-likeness (QED) is 0.644. The molecule has 1 fully saturated rings. The van der Waals surface area contributed by atoms with E-state index in [1.807, 2.05) is 6.92 Å². The predicted octanol–water partition coefficient (Wildman–Crippen LogP) is 2.03. The average Bonchev–Trinajstić information content (AvgIpc) is 2.33. The van der Waals surface area contributed by atoms with Crippen molar-refractivity contribution in [2.45, 2.75) is 25.9 Å². The van der Waals surface area contributed by atoms with E-state index in [4.69, 9.17) is 4.74 Å². The summed E-state index contributed by atoms with van der Waals surface area (Å²) in [7, 11) is 0. The first-order valence-electron chi connectivity index (χ1n) is 5.79. The lowest BCUT2D eigenvalue weighted by molar-refractivity contribution is -0.384. The monoisotopic (exact) mass is 236 g/mol. The first-order valence-corrected chi connectivity index (χ1v) is 5.79. The largest absolute Gasteiger partial charge is 0.490 e. The zero-order chi connectivity index (χ0) is 12.3. The Morgan fingerprint density at radius 2 is 2.12 bits per heavy atom. The lowest BCUT2D eigenvalue weighted by Crippen LogP contribution is -2.34. The molecule has 0 radical (unpaired) electrons. The van der Waals surface area contributed by atoms with Crippen LogP contribution in [-0.2, 0) is 0 Å². The van der Waals surface area contributed by atoms with Crippen LogP contribution in [0.5, 0.6) is 5.75 Å². The van der Waals surface area contributed by atoms with Crippen molar-refractivity contribution < 1.29 is 9.66 Å². The van der Waals surface area contributed by atoms with E-state index in [0.717, 1.165) is 37.2 Å². The third kappa shape index (κ3) is 2.94. The van der Waals surface area contributed by atoms with Crippen molar-refractivity contribution in [2.24, 2.45) is 0 Å². The molecule has 1 N–H and O–H groups in total. The highest BCUT2D eigenvalue weighted by molar-refractivity contribution is 5.43. The van der Waals surface area contributed by atoms with Gasteiger partial charge in [-0.1, -0.05) is 0 Å². The number of piperidine rings is 1. The van der Waals surface area contributed by atoms with E-state index >= 15 is 0 Å². The molecule has 0 bridgehead atoms. The maximum absolute atomic E-state index is 10.6. The van der Waals surface area contributed by atoms with Crippen LogP contribution < -0.4 is 10.1 Å². The van der Waals surface area contributed by atoms with Crippen LogP contribution in [0.2, 0.25) is 0 Å². The van der Waals surface area contributed by atoms with E-state index < -0.39 is 0 Å². The fourth-order valence-corrected chi connectivity index (χ4v) is 1.97. The van der Waals surface area contributed by atoms with Gasteiger partial charge in [-0.3, -0.25) is 10.1 Å².